The summed E-state index contributed by atoms with van der Waals surface area (Å²) < 4.78 is 0. The highest BCUT2D eigenvalue weighted by Gasteiger charge is 2.51. The van der Waals surface area contributed by atoms with Crippen LogP contribution in [0.25, 0.3) is 0 Å². The van der Waals surface area contributed by atoms with Crippen molar-refractivity contribution in [2.45, 2.75) is 56.3 Å². The summed E-state index contributed by atoms with van der Waals surface area (Å²) in [5.41, 5.74) is 6.21. The molecule has 0 aromatic heterocycles. The lowest BCUT2D eigenvalue weighted by Gasteiger charge is -2.56. The molecule has 0 radical (unpaired) electrons. The zero-order valence-corrected chi connectivity index (χ0v) is 18.0. The van der Waals surface area contributed by atoms with Crippen molar-refractivity contribution >= 4 is 35.2 Å². The molecule has 0 atom stereocenters. The molecule has 4 fully saturated rings. The highest BCUT2D eigenvalue weighted by Crippen LogP contribution is 2.61. The Morgan fingerprint density at radius 2 is 1.63 bits per heavy atom. The van der Waals surface area contributed by atoms with Crippen LogP contribution in [0.3, 0.4) is 0 Å². The van der Waals surface area contributed by atoms with E-state index in [1.54, 1.807) is 4.90 Å². The van der Waals surface area contributed by atoms with Crippen LogP contribution < -0.4 is 15.8 Å². The summed E-state index contributed by atoms with van der Waals surface area (Å²) in [6, 6.07) is 7.75. The van der Waals surface area contributed by atoms with Gasteiger partial charge < -0.3 is 4.90 Å². The molecule has 0 spiro atoms. The van der Waals surface area contributed by atoms with Crippen LogP contribution in [-0.2, 0) is 14.4 Å². The molecule has 6 nitrogen and oxygen atoms in total. The second kappa shape index (κ2) is 7.91. The van der Waals surface area contributed by atoms with Gasteiger partial charge in [-0.2, -0.15) is 0 Å². The number of fused-ring (bicyclic) bond motifs is 1. The van der Waals surface area contributed by atoms with E-state index in [0.29, 0.717) is 18.7 Å². The third-order valence-electron chi connectivity index (χ3n) is 7.41. The molecule has 4 aliphatic carbocycles. The molecule has 0 unspecified atom stereocenters. The van der Waals surface area contributed by atoms with Crippen molar-refractivity contribution in [2.24, 2.45) is 23.2 Å². The van der Waals surface area contributed by atoms with Crippen molar-refractivity contribution in [2.75, 3.05) is 17.2 Å². The molecule has 2 N–H and O–H groups in total. The van der Waals surface area contributed by atoms with Gasteiger partial charge in [0.25, 0.3) is 0 Å². The van der Waals surface area contributed by atoms with Gasteiger partial charge in [0, 0.05) is 24.3 Å². The van der Waals surface area contributed by atoms with E-state index in [-0.39, 0.29) is 29.6 Å². The number of thioether (sulfide) groups is 1. The third-order valence-corrected chi connectivity index (χ3v) is 8.46. The molecule has 1 aliphatic heterocycles. The Morgan fingerprint density at radius 3 is 2.33 bits per heavy atom. The van der Waals surface area contributed by atoms with Crippen molar-refractivity contribution in [1.29, 1.82) is 0 Å². The summed E-state index contributed by atoms with van der Waals surface area (Å²) in [5, 5.41) is 0. The minimum atomic E-state index is -0.266. The average Bonchev–Trinajstić information content (AvgIpc) is 2.70. The SMILES string of the molecule is O=C(CCN1C(=O)CSc2ccccc21)NNC(=O)CC12CC3CC(CC(C3)C1)C2. The molecule has 1 aromatic carbocycles. The second-order valence-electron chi connectivity index (χ2n) is 9.74. The van der Waals surface area contributed by atoms with Crippen LogP contribution in [0, 0.1) is 23.2 Å². The minimum absolute atomic E-state index is 0.0114. The smallest absolute Gasteiger partial charge is 0.240 e. The molecule has 5 aliphatic rings. The van der Waals surface area contributed by atoms with Crippen LogP contribution in [0.15, 0.2) is 29.2 Å². The van der Waals surface area contributed by atoms with Crippen LogP contribution in [0.4, 0.5) is 5.69 Å². The molecule has 3 amide bonds. The molecule has 1 heterocycles. The Labute approximate surface area is 181 Å². The fourth-order valence-electron chi connectivity index (χ4n) is 6.71. The standard InChI is InChI=1S/C23H29N3O3S/c27-20(5-6-26-18-3-1-2-4-19(18)30-14-22(26)29)24-25-21(28)13-23-10-15-7-16(11-23)9-17(8-15)12-23/h1-4,15-17H,5-14H2,(H,24,27)(H,25,28). The predicted octanol–water partition coefficient (Wildman–Crippen LogP) is 3.27. The number of carbonyl (C=O) groups is 3. The van der Waals surface area contributed by atoms with Gasteiger partial charge in [-0.3, -0.25) is 25.2 Å². The number of anilines is 1. The van der Waals surface area contributed by atoms with Gasteiger partial charge in [-0.1, -0.05) is 12.1 Å². The van der Waals surface area contributed by atoms with Gasteiger partial charge in [-0.25, -0.2) is 0 Å². The number of hydrogen-bond acceptors (Lipinski definition) is 4. The summed E-state index contributed by atoms with van der Waals surface area (Å²) >= 11 is 1.53. The van der Waals surface area contributed by atoms with E-state index in [4.69, 9.17) is 0 Å². The number of hydrogen-bond donors (Lipinski definition) is 2. The normalized spacial score (nSPS) is 31.4. The van der Waals surface area contributed by atoms with Crippen LogP contribution in [0.2, 0.25) is 0 Å². The Bertz CT molecular complexity index is 836. The van der Waals surface area contributed by atoms with E-state index in [9.17, 15) is 14.4 Å². The van der Waals surface area contributed by atoms with Crippen molar-refractivity contribution < 1.29 is 14.4 Å². The molecule has 4 bridgehead atoms. The molecule has 4 saturated carbocycles. The monoisotopic (exact) mass is 427 g/mol. The van der Waals surface area contributed by atoms with Crippen LogP contribution in [0.5, 0.6) is 0 Å². The number of hydrazine groups is 1. The first-order chi connectivity index (χ1) is 14.5. The minimum Gasteiger partial charge on any atom is -0.310 e. The van der Waals surface area contributed by atoms with Crippen molar-refractivity contribution in [3.8, 4) is 0 Å². The predicted molar refractivity (Wildman–Crippen MR) is 116 cm³/mol. The molecular weight excluding hydrogens is 398 g/mol. The lowest BCUT2D eigenvalue weighted by atomic mass is 9.49. The number of nitrogens with zero attached hydrogens (tertiary/aromatic N) is 1. The second-order valence-corrected chi connectivity index (χ2v) is 10.8. The van der Waals surface area contributed by atoms with Gasteiger partial charge in [-0.05, 0) is 73.8 Å². The fraction of sp³-hybridized carbons (Fsp3) is 0.609. The quantitative estimate of drug-likeness (QED) is 0.707. The average molecular weight is 428 g/mol. The lowest BCUT2D eigenvalue weighted by molar-refractivity contribution is -0.134. The first-order valence-electron chi connectivity index (χ1n) is 11.1. The van der Waals surface area contributed by atoms with E-state index in [2.05, 4.69) is 10.9 Å². The summed E-state index contributed by atoms with van der Waals surface area (Å²) in [6.45, 7) is 0.313. The maximum Gasteiger partial charge on any atom is 0.240 e. The molecule has 0 saturated heterocycles. The Morgan fingerprint density at radius 1 is 1.00 bits per heavy atom. The van der Waals surface area contributed by atoms with E-state index in [0.717, 1.165) is 28.3 Å². The molecule has 6 rings (SSSR count). The van der Waals surface area contributed by atoms with E-state index in [1.807, 2.05) is 24.3 Å². The van der Waals surface area contributed by atoms with Crippen molar-refractivity contribution in [1.82, 2.24) is 10.9 Å². The zero-order valence-electron chi connectivity index (χ0n) is 17.2. The molecular formula is C23H29N3O3S. The van der Waals surface area contributed by atoms with Crippen LogP contribution >= 0.6 is 11.8 Å². The Kier molecular flexibility index (Phi) is 5.25. The number of para-hydroxylation sites is 1. The zero-order chi connectivity index (χ0) is 20.7. The van der Waals surface area contributed by atoms with E-state index < -0.39 is 0 Å². The number of rotatable bonds is 5. The Hall–Kier alpha value is -2.02. The number of amides is 3. The first kappa shape index (κ1) is 19.9. The largest absolute Gasteiger partial charge is 0.310 e. The van der Waals surface area contributed by atoms with Gasteiger partial charge in [0.2, 0.25) is 17.7 Å². The first-order valence-corrected chi connectivity index (χ1v) is 12.1. The van der Waals surface area contributed by atoms with Crippen LogP contribution in [0.1, 0.15) is 51.4 Å². The summed E-state index contributed by atoms with van der Waals surface area (Å²) in [7, 11) is 0. The van der Waals surface area contributed by atoms with Gasteiger partial charge in [0.15, 0.2) is 0 Å². The van der Waals surface area contributed by atoms with Gasteiger partial charge in [0.1, 0.15) is 0 Å². The maximum absolute atomic E-state index is 12.6. The molecule has 7 heteroatoms. The Balaban J connectivity index is 1.10. The van der Waals surface area contributed by atoms with E-state index in [1.165, 1.54) is 50.3 Å². The summed E-state index contributed by atoms with van der Waals surface area (Å²) in [6.07, 6.45) is 8.27. The fourth-order valence-corrected chi connectivity index (χ4v) is 7.64. The third kappa shape index (κ3) is 3.96. The van der Waals surface area contributed by atoms with E-state index >= 15 is 0 Å². The number of nitrogens with one attached hydrogen (secondary N) is 2. The van der Waals surface area contributed by atoms with Gasteiger partial charge >= 0.3 is 0 Å². The summed E-state index contributed by atoms with van der Waals surface area (Å²) in [4.78, 5) is 39.9. The molecule has 1 aromatic rings. The number of benzene rings is 1. The molecule has 30 heavy (non-hydrogen) atoms. The van der Waals surface area contributed by atoms with Crippen molar-refractivity contribution in [3.05, 3.63) is 24.3 Å². The summed E-state index contributed by atoms with van der Waals surface area (Å²) in [5.74, 6) is 2.47. The molecule has 160 valence electrons. The number of carbonyl (C=O) groups excluding carboxylic acids is 3. The van der Waals surface area contributed by atoms with Gasteiger partial charge in [-0.15, -0.1) is 11.8 Å². The maximum atomic E-state index is 12.6. The van der Waals surface area contributed by atoms with Crippen LogP contribution in [-0.4, -0.2) is 30.0 Å². The highest BCUT2D eigenvalue weighted by atomic mass is 32.2. The van der Waals surface area contributed by atoms with Gasteiger partial charge in [0.05, 0.1) is 11.4 Å². The highest BCUT2D eigenvalue weighted by molar-refractivity contribution is 8.00. The lowest BCUT2D eigenvalue weighted by Crippen LogP contribution is -2.50. The topological polar surface area (TPSA) is 78.5 Å². The van der Waals surface area contributed by atoms with Crippen molar-refractivity contribution in [3.63, 3.8) is 0 Å².